The molecule has 2 aromatic heterocycles. The summed E-state index contributed by atoms with van der Waals surface area (Å²) >= 11 is 0. The zero-order valence-corrected chi connectivity index (χ0v) is 15.5. The van der Waals surface area contributed by atoms with Gasteiger partial charge in [-0.25, -0.2) is 0 Å². The van der Waals surface area contributed by atoms with Gasteiger partial charge in [0.2, 0.25) is 5.78 Å². The Hall–Kier alpha value is -3.61. The number of aromatic nitrogens is 3. The van der Waals surface area contributed by atoms with Crippen molar-refractivity contribution in [3.8, 4) is 17.3 Å². The second-order valence-corrected chi connectivity index (χ2v) is 6.45. The molecule has 1 saturated heterocycles. The summed E-state index contributed by atoms with van der Waals surface area (Å²) in [5.74, 6) is -0.602. The van der Waals surface area contributed by atoms with Crippen LogP contribution >= 0.6 is 0 Å². The Morgan fingerprint density at radius 3 is 2.72 bits per heavy atom. The molecule has 0 saturated carbocycles. The molecule has 9 nitrogen and oxygen atoms in total. The van der Waals surface area contributed by atoms with Crippen LogP contribution in [0.2, 0.25) is 0 Å². The van der Waals surface area contributed by atoms with Crippen molar-refractivity contribution in [2.75, 3.05) is 31.2 Å². The zero-order valence-electron chi connectivity index (χ0n) is 15.5. The van der Waals surface area contributed by atoms with E-state index in [2.05, 4.69) is 15.2 Å². The van der Waals surface area contributed by atoms with Gasteiger partial charge >= 0.3 is 6.01 Å². The first-order valence-electron chi connectivity index (χ1n) is 9.10. The van der Waals surface area contributed by atoms with Crippen LogP contribution in [0, 0.1) is 11.3 Å². The first kappa shape index (κ1) is 18.7. The van der Waals surface area contributed by atoms with E-state index in [0.717, 1.165) is 5.56 Å². The van der Waals surface area contributed by atoms with Gasteiger partial charge in [-0.05, 0) is 23.8 Å². The van der Waals surface area contributed by atoms with E-state index in [1.807, 2.05) is 17.0 Å². The second kappa shape index (κ2) is 8.18. The third-order valence-electron chi connectivity index (χ3n) is 4.62. The van der Waals surface area contributed by atoms with Crippen molar-refractivity contribution in [2.24, 2.45) is 5.73 Å². The van der Waals surface area contributed by atoms with Crippen molar-refractivity contribution < 1.29 is 13.9 Å². The molecule has 0 unspecified atom stereocenters. The maximum atomic E-state index is 13.1. The Bertz CT molecular complexity index is 1060. The number of nitriles is 1. The fourth-order valence-corrected chi connectivity index (χ4v) is 3.03. The number of morpholine rings is 1. The van der Waals surface area contributed by atoms with Gasteiger partial charge in [-0.1, -0.05) is 17.2 Å². The molecule has 4 rings (SSSR count). The highest BCUT2D eigenvalue weighted by Gasteiger charge is 2.24. The molecular formula is C20H18N6O3. The number of nitrogens with two attached hydrogens (primary N) is 1. The zero-order chi connectivity index (χ0) is 20.2. The lowest BCUT2D eigenvalue weighted by atomic mass is 9.97. The standard InChI is InChI=1S/C20H18N6O3/c21-10-13-1-3-15(17-4-2-14(11-22)12-23-17)16(9-13)18(27)19-24-25-20(29-19)26-5-7-28-8-6-26/h1-4,9,12H,5-8,11,22H2. The molecule has 1 aliphatic rings. The fourth-order valence-electron chi connectivity index (χ4n) is 3.03. The number of ether oxygens (including phenoxy) is 1. The number of rotatable bonds is 5. The Morgan fingerprint density at radius 1 is 1.21 bits per heavy atom. The largest absolute Gasteiger partial charge is 0.400 e. The molecule has 2 N–H and O–H groups in total. The summed E-state index contributed by atoms with van der Waals surface area (Å²) in [4.78, 5) is 19.4. The van der Waals surface area contributed by atoms with Crippen molar-refractivity contribution >= 4 is 11.8 Å². The molecule has 29 heavy (non-hydrogen) atoms. The molecule has 3 aromatic rings. The van der Waals surface area contributed by atoms with Gasteiger partial charge in [0.1, 0.15) is 0 Å². The second-order valence-electron chi connectivity index (χ2n) is 6.45. The maximum Gasteiger partial charge on any atom is 0.318 e. The van der Waals surface area contributed by atoms with Gasteiger partial charge in [-0.3, -0.25) is 9.78 Å². The summed E-state index contributed by atoms with van der Waals surface area (Å²) in [6.07, 6.45) is 1.66. The number of carbonyl (C=O) groups excluding carboxylic acids is 1. The first-order valence-corrected chi connectivity index (χ1v) is 9.10. The van der Waals surface area contributed by atoms with E-state index >= 15 is 0 Å². The van der Waals surface area contributed by atoms with Crippen LogP contribution in [0.1, 0.15) is 27.4 Å². The van der Waals surface area contributed by atoms with Crippen molar-refractivity contribution in [3.05, 3.63) is 59.1 Å². The molecule has 0 spiro atoms. The van der Waals surface area contributed by atoms with E-state index in [1.165, 1.54) is 6.07 Å². The van der Waals surface area contributed by atoms with Gasteiger partial charge < -0.3 is 19.8 Å². The van der Waals surface area contributed by atoms with Crippen LogP contribution in [-0.4, -0.2) is 47.3 Å². The molecule has 0 aliphatic carbocycles. The molecule has 0 atom stereocenters. The molecular weight excluding hydrogens is 372 g/mol. The van der Waals surface area contributed by atoms with Gasteiger partial charge in [-0.2, -0.15) is 5.26 Å². The lowest BCUT2D eigenvalue weighted by Gasteiger charge is -2.24. The summed E-state index contributed by atoms with van der Waals surface area (Å²) < 4.78 is 10.9. The summed E-state index contributed by atoms with van der Waals surface area (Å²) in [5.41, 5.74) is 8.28. The van der Waals surface area contributed by atoms with Gasteiger partial charge in [0.05, 0.1) is 30.5 Å². The van der Waals surface area contributed by atoms with Gasteiger partial charge in [0.25, 0.3) is 5.89 Å². The van der Waals surface area contributed by atoms with Crippen LogP contribution < -0.4 is 10.6 Å². The molecule has 0 radical (unpaired) electrons. The third kappa shape index (κ3) is 3.85. The number of benzene rings is 1. The molecule has 9 heteroatoms. The van der Waals surface area contributed by atoms with Crippen molar-refractivity contribution in [1.82, 2.24) is 15.2 Å². The Labute approximate surface area is 166 Å². The number of nitrogens with zero attached hydrogens (tertiary/aromatic N) is 5. The predicted octanol–water partition coefficient (Wildman–Crippen LogP) is 1.53. The van der Waals surface area contributed by atoms with E-state index in [1.54, 1.807) is 24.4 Å². The molecule has 1 aliphatic heterocycles. The molecule has 146 valence electrons. The van der Waals surface area contributed by atoms with E-state index < -0.39 is 5.78 Å². The average molecular weight is 390 g/mol. The van der Waals surface area contributed by atoms with Crippen LogP contribution in [0.15, 0.2) is 40.9 Å². The highest BCUT2D eigenvalue weighted by atomic mass is 16.5. The number of pyridine rings is 1. The van der Waals surface area contributed by atoms with Crippen LogP contribution in [-0.2, 0) is 11.3 Å². The summed E-state index contributed by atoms with van der Waals surface area (Å²) in [6, 6.07) is 10.8. The molecule has 0 bridgehead atoms. The topological polar surface area (TPSA) is 131 Å². The van der Waals surface area contributed by atoms with Gasteiger partial charge in [0, 0.05) is 37.0 Å². The summed E-state index contributed by atoms with van der Waals surface area (Å²) in [5, 5.41) is 17.2. The van der Waals surface area contributed by atoms with Gasteiger partial charge in [0.15, 0.2) is 0 Å². The maximum absolute atomic E-state index is 13.1. The highest BCUT2D eigenvalue weighted by Crippen LogP contribution is 2.26. The average Bonchev–Trinajstić information content (AvgIpc) is 3.29. The van der Waals surface area contributed by atoms with E-state index in [9.17, 15) is 10.1 Å². The van der Waals surface area contributed by atoms with Gasteiger partial charge in [-0.15, -0.1) is 5.10 Å². The Kier molecular flexibility index (Phi) is 5.29. The van der Waals surface area contributed by atoms with E-state index in [0.29, 0.717) is 49.7 Å². The van der Waals surface area contributed by atoms with Crippen LogP contribution in [0.4, 0.5) is 6.01 Å². The molecule has 1 aromatic carbocycles. The number of carbonyl (C=O) groups is 1. The highest BCUT2D eigenvalue weighted by molar-refractivity contribution is 6.10. The number of hydrogen-bond donors (Lipinski definition) is 1. The minimum absolute atomic E-state index is 0.138. The lowest BCUT2D eigenvalue weighted by molar-refractivity contribution is 0.100. The normalized spacial score (nSPS) is 13.9. The number of anilines is 1. The van der Waals surface area contributed by atoms with E-state index in [-0.39, 0.29) is 17.5 Å². The quantitative estimate of drug-likeness (QED) is 0.644. The number of ketones is 1. The Morgan fingerprint density at radius 2 is 2.03 bits per heavy atom. The number of hydrogen-bond acceptors (Lipinski definition) is 9. The van der Waals surface area contributed by atoms with Crippen molar-refractivity contribution in [3.63, 3.8) is 0 Å². The fraction of sp³-hybridized carbons (Fsp3) is 0.250. The van der Waals surface area contributed by atoms with Crippen molar-refractivity contribution in [1.29, 1.82) is 5.26 Å². The minimum atomic E-state index is -0.464. The SMILES string of the molecule is N#Cc1ccc(-c2ccc(CN)cn2)c(C(=O)c2nnc(N3CCOCC3)o2)c1. The molecule has 0 amide bonds. The van der Waals surface area contributed by atoms with Crippen LogP contribution in [0.5, 0.6) is 0 Å². The lowest BCUT2D eigenvalue weighted by Crippen LogP contribution is -2.36. The van der Waals surface area contributed by atoms with Crippen molar-refractivity contribution in [2.45, 2.75) is 6.54 Å². The smallest absolute Gasteiger partial charge is 0.318 e. The van der Waals surface area contributed by atoms with E-state index in [4.69, 9.17) is 14.9 Å². The van der Waals surface area contributed by atoms with Crippen LogP contribution in [0.3, 0.4) is 0 Å². The van der Waals surface area contributed by atoms with Crippen LogP contribution in [0.25, 0.3) is 11.3 Å². The monoisotopic (exact) mass is 390 g/mol. The summed E-state index contributed by atoms with van der Waals surface area (Å²) in [7, 11) is 0. The minimum Gasteiger partial charge on any atom is -0.400 e. The Balaban J connectivity index is 1.70. The molecule has 3 heterocycles. The summed E-state index contributed by atoms with van der Waals surface area (Å²) in [6.45, 7) is 2.72. The predicted molar refractivity (Wildman–Crippen MR) is 103 cm³/mol. The third-order valence-corrected chi connectivity index (χ3v) is 4.62. The first-order chi connectivity index (χ1) is 14.2. The molecule has 1 fully saturated rings.